The first-order chi connectivity index (χ1) is 28.4. The molecule has 60 heavy (non-hydrogen) atoms. The zero-order chi connectivity index (χ0) is 43.4. The lowest BCUT2D eigenvalue weighted by atomic mass is 9.85. The Hall–Kier alpha value is -6.03. The molecule has 0 radical (unpaired) electrons. The molecule has 2 aromatic heterocycles. The van der Waals surface area contributed by atoms with Crippen molar-refractivity contribution in [2.75, 3.05) is 27.2 Å². The number of amides is 2. The molecule has 18 heteroatoms. The summed E-state index contributed by atoms with van der Waals surface area (Å²) in [6, 6.07) is 21.6. The van der Waals surface area contributed by atoms with Gasteiger partial charge < -0.3 is 19.7 Å². The number of alkyl halides is 3. The fourth-order valence-electron chi connectivity index (χ4n) is 7.65. The molecule has 2 aliphatic rings. The molecule has 7 rings (SSSR count). The molecule has 2 N–H and O–H groups in total. The number of rotatable bonds is 8. The van der Waals surface area contributed by atoms with Gasteiger partial charge in [-0.25, -0.2) is 17.8 Å². The number of carbonyl (C=O) groups is 2. The molecular weight excluding hydrogens is 802 g/mol. The highest BCUT2D eigenvalue weighted by Gasteiger charge is 2.35. The molecule has 5 aromatic rings. The van der Waals surface area contributed by atoms with Crippen LogP contribution in [0.5, 0.6) is 0 Å². The minimum atomic E-state index is -4.65. The lowest BCUT2D eigenvalue weighted by Crippen LogP contribution is -2.52. The van der Waals surface area contributed by atoms with Crippen LogP contribution in [0, 0.1) is 17.2 Å². The molecule has 2 amide bonds. The van der Waals surface area contributed by atoms with E-state index in [9.17, 15) is 45.8 Å². The third-order valence-corrected chi connectivity index (χ3v) is 11.9. The second kappa shape index (κ2) is 17.7. The highest BCUT2D eigenvalue weighted by molar-refractivity contribution is 7.85. The number of nitrogens with one attached hydrogen (secondary N) is 2. The first-order valence-corrected chi connectivity index (χ1v) is 20.8. The van der Waals surface area contributed by atoms with Gasteiger partial charge in [-0.1, -0.05) is 24.3 Å². The number of benzene rings is 3. The van der Waals surface area contributed by atoms with E-state index in [-0.39, 0.29) is 45.7 Å². The van der Waals surface area contributed by atoms with Crippen LogP contribution in [0.3, 0.4) is 0 Å². The van der Waals surface area contributed by atoms with E-state index in [4.69, 9.17) is 0 Å². The number of piperidine rings is 1. The van der Waals surface area contributed by atoms with Crippen molar-refractivity contribution in [1.82, 2.24) is 29.8 Å². The minimum absolute atomic E-state index is 0.0392. The highest BCUT2D eigenvalue weighted by Crippen LogP contribution is 2.32. The van der Waals surface area contributed by atoms with Crippen LogP contribution in [-0.2, 0) is 28.1 Å². The zero-order valence-corrected chi connectivity index (χ0v) is 34.0. The smallest absolute Gasteiger partial charge is 0.416 e. The molecule has 1 aliphatic heterocycles. The first-order valence-electron chi connectivity index (χ1n) is 19.3. The normalized spacial score (nSPS) is 18.1. The average Bonchev–Trinajstić information content (AvgIpc) is 3.80. The molecule has 3 heterocycles. The molecule has 1 saturated heterocycles. The van der Waals surface area contributed by atoms with Gasteiger partial charge in [-0.15, -0.1) is 0 Å². The number of hydrogen-bond donors (Lipinski definition) is 2. The van der Waals surface area contributed by atoms with Gasteiger partial charge in [0.05, 0.1) is 72.5 Å². The third-order valence-electron chi connectivity index (χ3n) is 11.0. The summed E-state index contributed by atoms with van der Waals surface area (Å²) in [5.41, 5.74) is -0.593. The summed E-state index contributed by atoms with van der Waals surface area (Å²) in [5.74, 6) is -0.799. The second-order valence-electron chi connectivity index (χ2n) is 15.7. The molecule has 0 bridgehead atoms. The number of quaternary nitrogens is 1. The van der Waals surface area contributed by atoms with Crippen molar-refractivity contribution in [2.45, 2.75) is 61.7 Å². The number of carbonyl (C=O) groups excluding carboxylic acids is 2. The minimum Gasteiger partial charge on any atom is -0.744 e. The maximum Gasteiger partial charge on any atom is 0.416 e. The Morgan fingerprint density at radius 3 is 2.08 bits per heavy atom. The summed E-state index contributed by atoms with van der Waals surface area (Å²) in [7, 11) is 1.63. The lowest BCUT2D eigenvalue weighted by Gasteiger charge is -2.38. The Bertz CT molecular complexity index is 2540. The molecule has 2 fully saturated rings. The Morgan fingerprint density at radius 2 is 1.50 bits per heavy atom. The highest BCUT2D eigenvalue weighted by atomic mass is 32.2. The van der Waals surface area contributed by atoms with Gasteiger partial charge in [0.1, 0.15) is 21.4 Å². The molecule has 0 spiro atoms. The van der Waals surface area contributed by atoms with Crippen LogP contribution in [0.1, 0.15) is 60.0 Å². The molecule has 3 aromatic carbocycles. The predicted molar refractivity (Wildman–Crippen MR) is 214 cm³/mol. The van der Waals surface area contributed by atoms with Crippen LogP contribution in [0.4, 0.5) is 13.2 Å². The van der Waals surface area contributed by atoms with Crippen LogP contribution in [-0.4, -0.2) is 87.7 Å². The van der Waals surface area contributed by atoms with Gasteiger partial charge in [-0.3, -0.25) is 19.1 Å². The van der Waals surface area contributed by atoms with Crippen molar-refractivity contribution in [3.63, 3.8) is 0 Å². The first kappa shape index (κ1) is 43.5. The van der Waals surface area contributed by atoms with Gasteiger partial charge in [0.25, 0.3) is 11.5 Å². The van der Waals surface area contributed by atoms with E-state index in [0.717, 1.165) is 47.2 Å². The molecule has 0 atom stereocenters. The fraction of sp³-hybridized carbons (Fsp3) is 0.357. The Labute approximate surface area is 345 Å². The standard InChI is InChI=1S/C36H39F3N8O3.C6H6O3S/c1-44-32(30-15-18-41-45(30)28-13-7-23(22-40)8-14-28)31(35(50)46(44)29-6-4-5-25(21-29)36(37,38)39)34(49)43-26-11-9-24(10-12-26)33(48)42-27-16-19-47(2,3)20-17-27;7-10(8,9)6-4-2-1-3-5-6/h4-8,13-15,18,21,24,26-27H,9-12,16-17,19-20H2,1-3H3,(H-,42,43,48,49);1-5H,(H,7,8,9). The van der Waals surface area contributed by atoms with Crippen molar-refractivity contribution < 1.29 is 40.2 Å². The summed E-state index contributed by atoms with van der Waals surface area (Å²) in [6.45, 7) is 2.02. The molecule has 0 unspecified atom stereocenters. The van der Waals surface area contributed by atoms with Crippen LogP contribution < -0.4 is 16.2 Å². The van der Waals surface area contributed by atoms with Crippen molar-refractivity contribution in [2.24, 2.45) is 13.0 Å². The Balaban J connectivity index is 0.000000529. The van der Waals surface area contributed by atoms with Crippen LogP contribution in [0.2, 0.25) is 0 Å². The van der Waals surface area contributed by atoms with Crippen molar-refractivity contribution in [3.8, 4) is 28.8 Å². The number of hydrogen-bond acceptors (Lipinski definition) is 8. The number of nitriles is 1. The van der Waals surface area contributed by atoms with Crippen molar-refractivity contribution >= 4 is 21.9 Å². The summed E-state index contributed by atoms with van der Waals surface area (Å²) in [6.07, 6.45) is 0.930. The van der Waals surface area contributed by atoms with E-state index in [0.29, 0.717) is 42.6 Å². The zero-order valence-electron chi connectivity index (χ0n) is 33.2. The van der Waals surface area contributed by atoms with E-state index in [1.807, 2.05) is 0 Å². The predicted octanol–water partition coefficient (Wildman–Crippen LogP) is 5.15. The van der Waals surface area contributed by atoms with Gasteiger partial charge in [0.2, 0.25) is 5.91 Å². The molecule has 1 aliphatic carbocycles. The summed E-state index contributed by atoms with van der Waals surface area (Å²) in [5, 5.41) is 19.9. The van der Waals surface area contributed by atoms with Crippen LogP contribution in [0.15, 0.2) is 101 Å². The monoisotopic (exact) mass is 846 g/mol. The molecule has 316 valence electrons. The topological polar surface area (TPSA) is 184 Å². The summed E-state index contributed by atoms with van der Waals surface area (Å²) >= 11 is 0. The maximum absolute atomic E-state index is 14.1. The maximum atomic E-state index is 14.1. The van der Waals surface area contributed by atoms with Gasteiger partial charge in [-0.2, -0.15) is 23.5 Å². The third kappa shape index (κ3) is 10.0. The van der Waals surface area contributed by atoms with Crippen molar-refractivity contribution in [3.05, 3.63) is 118 Å². The Morgan fingerprint density at radius 1 is 0.867 bits per heavy atom. The lowest BCUT2D eigenvalue weighted by molar-refractivity contribution is -0.895. The number of likely N-dealkylation sites (tertiary alicyclic amines) is 1. The van der Waals surface area contributed by atoms with E-state index < -0.39 is 33.3 Å². The second-order valence-corrected chi connectivity index (χ2v) is 17.0. The van der Waals surface area contributed by atoms with Gasteiger partial charge in [-0.05, 0) is 86.3 Å². The SMILES string of the molecule is Cn1c(-c2ccnn2-c2ccc(C#N)cc2)c(C(=O)NC2CCC(C(=O)NC3CC[N+](C)(C)CC3)CC2)c(=O)n1-c1cccc(C(F)(F)F)c1.O=S(=O)([O-])c1ccccc1. The van der Waals surface area contributed by atoms with E-state index in [2.05, 4.69) is 35.9 Å². The summed E-state index contributed by atoms with van der Waals surface area (Å²) in [4.78, 5) is 41.1. The Kier molecular flexibility index (Phi) is 12.8. The fourth-order valence-corrected chi connectivity index (χ4v) is 8.14. The number of aromatic nitrogens is 4. The van der Waals surface area contributed by atoms with Gasteiger partial charge in [0, 0.05) is 37.9 Å². The van der Waals surface area contributed by atoms with Crippen molar-refractivity contribution in [1.29, 1.82) is 5.26 Å². The van der Waals surface area contributed by atoms with Crippen LogP contribution in [0.25, 0.3) is 22.8 Å². The van der Waals surface area contributed by atoms with E-state index >= 15 is 0 Å². The number of nitrogens with zero attached hydrogens (tertiary/aromatic N) is 6. The van der Waals surface area contributed by atoms with Crippen LogP contribution >= 0.6 is 0 Å². The molecule has 1 saturated carbocycles. The molecular formula is C42H45F3N8O6S. The van der Waals surface area contributed by atoms with E-state index in [1.165, 1.54) is 59.0 Å². The molecule has 14 nitrogen and oxygen atoms in total. The number of halogens is 3. The summed E-state index contributed by atoms with van der Waals surface area (Å²) < 4.78 is 76.7. The average molecular weight is 847 g/mol. The van der Waals surface area contributed by atoms with Gasteiger partial charge in [0.15, 0.2) is 0 Å². The van der Waals surface area contributed by atoms with Gasteiger partial charge >= 0.3 is 6.18 Å². The largest absolute Gasteiger partial charge is 0.744 e. The quantitative estimate of drug-likeness (QED) is 0.159. The van der Waals surface area contributed by atoms with E-state index in [1.54, 1.807) is 36.4 Å².